The fraction of sp³-hybridized carbons (Fsp3) is 0.176. The molecule has 0 aliphatic carbocycles. The van der Waals surface area contributed by atoms with Crippen molar-refractivity contribution >= 4 is 12.1 Å². The van der Waals surface area contributed by atoms with E-state index in [1.807, 2.05) is 6.92 Å². The molecule has 2 aromatic carbocycles. The summed E-state index contributed by atoms with van der Waals surface area (Å²) in [6, 6.07) is 11.7. The number of amides is 1. The van der Waals surface area contributed by atoms with Gasteiger partial charge in [-0.25, -0.2) is 5.43 Å². The number of nitrogens with one attached hydrogen (secondary N) is 1. The number of hydrogen-bond acceptors (Lipinski definition) is 5. The summed E-state index contributed by atoms with van der Waals surface area (Å²) in [5.41, 5.74) is 3.30. The van der Waals surface area contributed by atoms with E-state index in [9.17, 15) is 9.90 Å². The fourth-order valence-electron chi connectivity index (χ4n) is 1.90. The van der Waals surface area contributed by atoms with Crippen LogP contribution in [-0.2, 0) is 0 Å². The lowest BCUT2D eigenvalue weighted by atomic mass is 10.2. The number of rotatable bonds is 6. The average molecular weight is 314 g/mol. The second-order valence-corrected chi connectivity index (χ2v) is 4.55. The number of phenols is 1. The number of carbonyl (C=O) groups excluding carboxylic acids is 1. The predicted molar refractivity (Wildman–Crippen MR) is 87.3 cm³/mol. The number of phenolic OH excluding ortho intramolecular Hbond substituents is 1. The van der Waals surface area contributed by atoms with Gasteiger partial charge in [0.05, 0.1) is 19.9 Å². The van der Waals surface area contributed by atoms with Gasteiger partial charge in [-0.2, -0.15) is 5.10 Å². The van der Waals surface area contributed by atoms with Crippen molar-refractivity contribution in [3.63, 3.8) is 0 Å². The van der Waals surface area contributed by atoms with Crippen LogP contribution in [0.4, 0.5) is 0 Å². The Kier molecular flexibility index (Phi) is 5.57. The summed E-state index contributed by atoms with van der Waals surface area (Å²) in [5, 5.41) is 13.8. The topological polar surface area (TPSA) is 80.2 Å². The number of methoxy groups -OCH3 is 1. The summed E-state index contributed by atoms with van der Waals surface area (Å²) in [7, 11) is 1.46. The maximum Gasteiger partial charge on any atom is 0.271 e. The predicted octanol–water partition coefficient (Wildman–Crippen LogP) is 2.56. The van der Waals surface area contributed by atoms with Crippen molar-refractivity contribution in [1.29, 1.82) is 0 Å². The second-order valence-electron chi connectivity index (χ2n) is 4.55. The van der Waals surface area contributed by atoms with Gasteiger partial charge < -0.3 is 14.6 Å². The van der Waals surface area contributed by atoms with Gasteiger partial charge in [0.1, 0.15) is 5.75 Å². The van der Waals surface area contributed by atoms with E-state index in [2.05, 4.69) is 10.5 Å². The highest BCUT2D eigenvalue weighted by molar-refractivity contribution is 5.95. The summed E-state index contributed by atoms with van der Waals surface area (Å²) in [6.07, 6.45) is 1.35. The molecule has 0 atom stereocenters. The maximum absolute atomic E-state index is 12.0. The first kappa shape index (κ1) is 16.4. The van der Waals surface area contributed by atoms with Crippen molar-refractivity contribution in [1.82, 2.24) is 5.43 Å². The first-order valence-corrected chi connectivity index (χ1v) is 7.08. The van der Waals surface area contributed by atoms with Gasteiger partial charge in [-0.3, -0.25) is 4.79 Å². The molecule has 120 valence electrons. The van der Waals surface area contributed by atoms with Gasteiger partial charge in [0.15, 0.2) is 11.5 Å². The molecule has 6 nitrogen and oxygen atoms in total. The van der Waals surface area contributed by atoms with Gasteiger partial charge in [0.25, 0.3) is 5.91 Å². The van der Waals surface area contributed by atoms with E-state index in [1.165, 1.54) is 13.3 Å². The lowest BCUT2D eigenvalue weighted by Crippen LogP contribution is -2.17. The number of para-hydroxylation sites is 1. The van der Waals surface area contributed by atoms with Crippen molar-refractivity contribution in [2.24, 2.45) is 5.10 Å². The zero-order valence-corrected chi connectivity index (χ0v) is 12.9. The van der Waals surface area contributed by atoms with Crippen LogP contribution in [0.5, 0.6) is 17.2 Å². The highest BCUT2D eigenvalue weighted by Crippen LogP contribution is 2.27. The highest BCUT2D eigenvalue weighted by atomic mass is 16.5. The van der Waals surface area contributed by atoms with Crippen LogP contribution in [0.3, 0.4) is 0 Å². The van der Waals surface area contributed by atoms with Crippen molar-refractivity contribution in [3.8, 4) is 17.2 Å². The Hall–Kier alpha value is -3.02. The molecule has 0 saturated carbocycles. The van der Waals surface area contributed by atoms with Gasteiger partial charge in [-0.15, -0.1) is 0 Å². The Labute approximate surface area is 134 Å². The normalized spacial score (nSPS) is 10.5. The van der Waals surface area contributed by atoms with Crippen molar-refractivity contribution in [2.75, 3.05) is 13.7 Å². The number of ether oxygens (including phenoxy) is 2. The fourth-order valence-corrected chi connectivity index (χ4v) is 1.90. The van der Waals surface area contributed by atoms with Crippen LogP contribution in [-0.4, -0.2) is 30.9 Å². The molecule has 0 aliphatic heterocycles. The molecule has 2 aromatic rings. The molecule has 6 heteroatoms. The van der Waals surface area contributed by atoms with Gasteiger partial charge in [-0.1, -0.05) is 6.07 Å². The Morgan fingerprint density at radius 1 is 1.26 bits per heavy atom. The standard InChI is InChI=1S/C17H18N2O4/c1-3-23-14-9-7-12(8-10-14)17(21)19-18-11-13-5-4-6-15(22-2)16(13)20/h4-11,20H,3H2,1-2H3,(H,19,21)/b18-11+. The van der Waals surface area contributed by atoms with Crippen molar-refractivity contribution < 1.29 is 19.4 Å². The lowest BCUT2D eigenvalue weighted by Gasteiger charge is -2.05. The third-order valence-electron chi connectivity index (χ3n) is 3.05. The van der Waals surface area contributed by atoms with Crippen LogP contribution in [0.2, 0.25) is 0 Å². The Morgan fingerprint density at radius 3 is 2.65 bits per heavy atom. The van der Waals surface area contributed by atoms with Crippen LogP contribution >= 0.6 is 0 Å². The summed E-state index contributed by atoms with van der Waals surface area (Å²) >= 11 is 0. The van der Waals surface area contributed by atoms with Crippen LogP contribution in [0.15, 0.2) is 47.6 Å². The molecule has 2 rings (SSSR count). The van der Waals surface area contributed by atoms with E-state index in [0.717, 1.165) is 0 Å². The molecule has 1 amide bonds. The van der Waals surface area contributed by atoms with E-state index in [4.69, 9.17) is 9.47 Å². The second kappa shape index (κ2) is 7.84. The Balaban J connectivity index is 2.01. The molecule has 0 unspecified atom stereocenters. The Bertz CT molecular complexity index is 696. The zero-order chi connectivity index (χ0) is 16.7. The third kappa shape index (κ3) is 4.23. The van der Waals surface area contributed by atoms with Crippen molar-refractivity contribution in [2.45, 2.75) is 6.92 Å². The largest absolute Gasteiger partial charge is 0.504 e. The molecule has 0 aromatic heterocycles. The third-order valence-corrected chi connectivity index (χ3v) is 3.05. The number of carbonyl (C=O) groups is 1. The van der Waals surface area contributed by atoms with Gasteiger partial charge >= 0.3 is 0 Å². The number of aromatic hydroxyl groups is 1. The molecule has 0 radical (unpaired) electrons. The van der Waals surface area contributed by atoms with Crippen LogP contribution < -0.4 is 14.9 Å². The zero-order valence-electron chi connectivity index (χ0n) is 12.9. The molecule has 0 heterocycles. The first-order chi connectivity index (χ1) is 11.2. The van der Waals surface area contributed by atoms with Crippen molar-refractivity contribution in [3.05, 3.63) is 53.6 Å². The smallest absolute Gasteiger partial charge is 0.271 e. The van der Waals surface area contributed by atoms with E-state index in [0.29, 0.717) is 29.2 Å². The monoisotopic (exact) mass is 314 g/mol. The minimum atomic E-state index is -0.355. The SMILES string of the molecule is CCOc1ccc(C(=O)N/N=C/c2cccc(OC)c2O)cc1. The van der Waals surface area contributed by atoms with E-state index in [-0.39, 0.29) is 11.7 Å². The van der Waals surface area contributed by atoms with Crippen LogP contribution in [0, 0.1) is 0 Å². The molecule has 0 spiro atoms. The minimum Gasteiger partial charge on any atom is -0.504 e. The molecule has 0 bridgehead atoms. The lowest BCUT2D eigenvalue weighted by molar-refractivity contribution is 0.0955. The number of nitrogens with zero attached hydrogens (tertiary/aromatic N) is 1. The highest BCUT2D eigenvalue weighted by Gasteiger charge is 2.06. The quantitative estimate of drug-likeness (QED) is 0.634. The molecular weight excluding hydrogens is 296 g/mol. The van der Waals surface area contributed by atoms with Crippen LogP contribution in [0.25, 0.3) is 0 Å². The van der Waals surface area contributed by atoms with E-state index >= 15 is 0 Å². The number of benzene rings is 2. The molecule has 0 fully saturated rings. The summed E-state index contributed by atoms with van der Waals surface area (Å²) < 4.78 is 10.3. The van der Waals surface area contributed by atoms with Gasteiger partial charge in [0.2, 0.25) is 0 Å². The molecular formula is C17H18N2O4. The minimum absolute atomic E-state index is 0.0333. The van der Waals surface area contributed by atoms with E-state index in [1.54, 1.807) is 42.5 Å². The van der Waals surface area contributed by atoms with E-state index < -0.39 is 0 Å². The average Bonchev–Trinajstić information content (AvgIpc) is 2.57. The molecule has 0 aliphatic rings. The number of hydrazone groups is 1. The van der Waals surface area contributed by atoms with Gasteiger partial charge in [0, 0.05) is 11.1 Å². The molecule has 2 N–H and O–H groups in total. The molecule has 23 heavy (non-hydrogen) atoms. The van der Waals surface area contributed by atoms with Crippen LogP contribution in [0.1, 0.15) is 22.8 Å². The number of hydrogen-bond donors (Lipinski definition) is 2. The summed E-state index contributed by atoms with van der Waals surface area (Å²) in [6.45, 7) is 2.46. The Morgan fingerprint density at radius 2 is 2.00 bits per heavy atom. The maximum atomic E-state index is 12.0. The van der Waals surface area contributed by atoms with Gasteiger partial charge in [-0.05, 0) is 43.3 Å². The molecule has 0 saturated heterocycles. The summed E-state index contributed by atoms with van der Waals surface area (Å²) in [4.78, 5) is 12.0. The first-order valence-electron chi connectivity index (χ1n) is 7.08. The summed E-state index contributed by atoms with van der Waals surface area (Å²) in [5.74, 6) is 0.654.